The Morgan fingerprint density at radius 2 is 1.16 bits per heavy atom. The van der Waals surface area contributed by atoms with Gasteiger partial charge < -0.3 is 4.57 Å². The molecule has 0 aliphatic heterocycles. The molecule has 0 saturated heterocycles. The fourth-order valence-electron chi connectivity index (χ4n) is 5.37. The quantitative estimate of drug-likeness (QED) is 0.213. The van der Waals surface area contributed by atoms with Gasteiger partial charge in [0.25, 0.3) is 0 Å². The summed E-state index contributed by atoms with van der Waals surface area (Å²) in [6.07, 6.45) is 3.70. The summed E-state index contributed by atoms with van der Waals surface area (Å²) in [5.41, 5.74) is 10.7. The Labute approximate surface area is 230 Å². The second-order valence-corrected chi connectivity index (χ2v) is 10.3. The van der Waals surface area contributed by atoms with Gasteiger partial charge in [-0.3, -0.25) is 4.98 Å². The van der Waals surface area contributed by atoms with Gasteiger partial charge in [-0.25, -0.2) is 0 Å². The van der Waals surface area contributed by atoms with Gasteiger partial charge in [0.05, 0.1) is 11.0 Å². The smallest absolute Gasteiger partial charge is 0.0547 e. The molecule has 2 heterocycles. The number of hydrogen-bond acceptors (Lipinski definition) is 1. The molecule has 0 aliphatic rings. The first kappa shape index (κ1) is 22.7. The lowest BCUT2D eigenvalue weighted by Gasteiger charge is -2.11. The Kier molecular flexibility index (Phi) is 5.64. The van der Waals surface area contributed by atoms with Gasteiger partial charge in [0.1, 0.15) is 0 Å². The summed E-state index contributed by atoms with van der Waals surface area (Å²) in [4.78, 5) is 4.21. The number of rotatable bonds is 4. The largest absolute Gasteiger partial charge is 0.309 e. The average molecular weight is 551 g/mol. The van der Waals surface area contributed by atoms with E-state index in [1.54, 1.807) is 0 Å². The van der Waals surface area contributed by atoms with E-state index in [2.05, 4.69) is 153 Å². The van der Waals surface area contributed by atoms with Crippen LogP contribution in [0.3, 0.4) is 0 Å². The molecule has 0 spiro atoms. The van der Waals surface area contributed by atoms with E-state index in [-0.39, 0.29) is 0 Å². The van der Waals surface area contributed by atoms with E-state index in [1.807, 2.05) is 12.4 Å². The van der Waals surface area contributed by atoms with Crippen LogP contribution in [0.15, 0.2) is 144 Å². The summed E-state index contributed by atoms with van der Waals surface area (Å²) in [6, 6.07) is 45.6. The highest BCUT2D eigenvalue weighted by atomic mass is 79.9. The van der Waals surface area contributed by atoms with Crippen LogP contribution in [0.4, 0.5) is 0 Å². The van der Waals surface area contributed by atoms with Crippen LogP contribution in [-0.4, -0.2) is 9.55 Å². The highest BCUT2D eigenvalue weighted by Crippen LogP contribution is 2.40. The predicted octanol–water partition coefficient (Wildman–Crippen LogP) is 9.94. The van der Waals surface area contributed by atoms with Crippen molar-refractivity contribution in [2.24, 2.45) is 0 Å². The third-order valence-electron chi connectivity index (χ3n) is 7.19. The number of fused-ring (bicyclic) bond motifs is 3. The Hall–Kier alpha value is -4.47. The predicted molar refractivity (Wildman–Crippen MR) is 163 cm³/mol. The van der Waals surface area contributed by atoms with Crippen molar-refractivity contribution in [1.82, 2.24) is 9.55 Å². The van der Waals surface area contributed by atoms with Crippen LogP contribution < -0.4 is 0 Å². The van der Waals surface area contributed by atoms with E-state index in [4.69, 9.17) is 0 Å². The van der Waals surface area contributed by atoms with Gasteiger partial charge in [-0.1, -0.05) is 94.8 Å². The van der Waals surface area contributed by atoms with E-state index < -0.39 is 0 Å². The maximum Gasteiger partial charge on any atom is 0.0547 e. The molecular weight excluding hydrogens is 528 g/mol. The van der Waals surface area contributed by atoms with Gasteiger partial charge in [-0.05, 0) is 81.9 Å². The molecule has 0 atom stereocenters. The Bertz CT molecular complexity index is 1890. The lowest BCUT2D eigenvalue weighted by Crippen LogP contribution is -1.94. The summed E-state index contributed by atoms with van der Waals surface area (Å²) >= 11 is 3.54. The van der Waals surface area contributed by atoms with Crippen molar-refractivity contribution >= 4 is 37.7 Å². The van der Waals surface area contributed by atoms with Crippen LogP contribution in [0.25, 0.3) is 60.9 Å². The first-order valence-electron chi connectivity index (χ1n) is 12.7. The molecule has 0 aliphatic carbocycles. The zero-order valence-electron chi connectivity index (χ0n) is 20.6. The molecular formula is C35H23BrN2. The summed E-state index contributed by atoms with van der Waals surface area (Å²) < 4.78 is 3.48. The molecule has 0 unspecified atom stereocenters. The Morgan fingerprint density at radius 3 is 1.89 bits per heavy atom. The minimum atomic E-state index is 1.09. The third kappa shape index (κ3) is 3.93. The Morgan fingerprint density at radius 1 is 0.500 bits per heavy atom. The first-order chi connectivity index (χ1) is 18.8. The van der Waals surface area contributed by atoms with Crippen molar-refractivity contribution in [3.63, 3.8) is 0 Å². The molecule has 2 aromatic heterocycles. The molecule has 5 aromatic carbocycles. The lowest BCUT2D eigenvalue weighted by molar-refractivity contribution is 1.18. The summed E-state index contributed by atoms with van der Waals surface area (Å²) in [7, 11) is 0. The number of aromatic nitrogens is 2. The second kappa shape index (κ2) is 9.44. The molecule has 7 aromatic rings. The minimum absolute atomic E-state index is 1.09. The van der Waals surface area contributed by atoms with Crippen LogP contribution in [0, 0.1) is 0 Å². The van der Waals surface area contributed by atoms with Crippen molar-refractivity contribution < 1.29 is 0 Å². The fraction of sp³-hybridized carbons (Fsp3) is 0. The molecule has 0 N–H and O–H groups in total. The number of pyridine rings is 1. The van der Waals surface area contributed by atoms with Crippen LogP contribution in [-0.2, 0) is 0 Å². The normalized spacial score (nSPS) is 11.3. The molecule has 38 heavy (non-hydrogen) atoms. The van der Waals surface area contributed by atoms with Crippen molar-refractivity contribution in [3.05, 3.63) is 144 Å². The van der Waals surface area contributed by atoms with Gasteiger partial charge in [0.15, 0.2) is 0 Å². The van der Waals surface area contributed by atoms with Gasteiger partial charge in [0, 0.05) is 33.3 Å². The maximum atomic E-state index is 4.21. The first-order valence-corrected chi connectivity index (χ1v) is 13.4. The number of nitrogens with zero attached hydrogens (tertiary/aromatic N) is 2. The van der Waals surface area contributed by atoms with Crippen LogP contribution in [0.5, 0.6) is 0 Å². The highest BCUT2D eigenvalue weighted by molar-refractivity contribution is 9.10. The third-order valence-corrected chi connectivity index (χ3v) is 7.72. The monoisotopic (exact) mass is 550 g/mol. The van der Waals surface area contributed by atoms with Crippen molar-refractivity contribution in [3.8, 4) is 39.1 Å². The maximum absolute atomic E-state index is 4.21. The minimum Gasteiger partial charge on any atom is -0.309 e. The molecule has 0 radical (unpaired) electrons. The van der Waals surface area contributed by atoms with E-state index >= 15 is 0 Å². The van der Waals surface area contributed by atoms with Gasteiger partial charge in [-0.2, -0.15) is 0 Å². The Balaban J connectivity index is 1.48. The molecule has 7 rings (SSSR count). The van der Waals surface area contributed by atoms with E-state index in [0.717, 1.165) is 15.7 Å². The van der Waals surface area contributed by atoms with E-state index in [9.17, 15) is 0 Å². The standard InChI is InChI=1S/C35H23BrN2/c36-29-14-9-24(10-15-29)25-11-16-30(17-12-25)38-33-8-4-7-31(27-5-2-1-3-6-27)35(33)32-18-13-28(23-34(32)38)26-19-21-37-22-20-26/h1-23H. The summed E-state index contributed by atoms with van der Waals surface area (Å²) in [5.74, 6) is 0. The molecule has 0 amide bonds. The number of hydrogen-bond donors (Lipinski definition) is 0. The topological polar surface area (TPSA) is 17.8 Å². The van der Waals surface area contributed by atoms with Crippen molar-refractivity contribution in [1.29, 1.82) is 0 Å². The molecule has 0 bridgehead atoms. The molecule has 0 saturated carbocycles. The van der Waals surface area contributed by atoms with Gasteiger partial charge in [-0.15, -0.1) is 0 Å². The SMILES string of the molecule is Brc1ccc(-c2ccc(-n3c4cc(-c5ccncc5)ccc4c4c(-c5ccccc5)cccc43)cc2)cc1. The van der Waals surface area contributed by atoms with Crippen LogP contribution in [0.1, 0.15) is 0 Å². The molecule has 3 heteroatoms. The summed E-state index contributed by atoms with van der Waals surface area (Å²) in [5, 5.41) is 2.52. The number of benzene rings is 5. The zero-order chi connectivity index (χ0) is 25.5. The molecule has 180 valence electrons. The van der Waals surface area contributed by atoms with Gasteiger partial charge >= 0.3 is 0 Å². The average Bonchev–Trinajstić information content (AvgIpc) is 3.32. The number of halogens is 1. The molecule has 0 fully saturated rings. The van der Waals surface area contributed by atoms with Crippen LogP contribution >= 0.6 is 15.9 Å². The fourth-order valence-corrected chi connectivity index (χ4v) is 5.64. The summed E-state index contributed by atoms with van der Waals surface area (Å²) in [6.45, 7) is 0. The molecule has 2 nitrogen and oxygen atoms in total. The van der Waals surface area contributed by atoms with E-state index in [0.29, 0.717) is 0 Å². The van der Waals surface area contributed by atoms with Crippen molar-refractivity contribution in [2.45, 2.75) is 0 Å². The van der Waals surface area contributed by atoms with E-state index in [1.165, 1.54) is 49.6 Å². The zero-order valence-corrected chi connectivity index (χ0v) is 22.1. The van der Waals surface area contributed by atoms with Gasteiger partial charge in [0.2, 0.25) is 0 Å². The highest BCUT2D eigenvalue weighted by Gasteiger charge is 2.17. The second-order valence-electron chi connectivity index (χ2n) is 9.42. The van der Waals surface area contributed by atoms with Crippen LogP contribution in [0.2, 0.25) is 0 Å². The lowest BCUT2D eigenvalue weighted by atomic mass is 9.98. The van der Waals surface area contributed by atoms with Crippen molar-refractivity contribution in [2.75, 3.05) is 0 Å².